The predicted molar refractivity (Wildman–Crippen MR) is 177 cm³/mol. The quantitative estimate of drug-likeness (QED) is 0.209. The van der Waals surface area contributed by atoms with E-state index in [0.29, 0.717) is 23.7 Å². The minimum absolute atomic E-state index is 0.0302. The number of nitrogens with one attached hydrogen (secondary N) is 1. The summed E-state index contributed by atoms with van der Waals surface area (Å²) in [6, 6.07) is -1.19. The van der Waals surface area contributed by atoms with Gasteiger partial charge >= 0.3 is 18.0 Å². The summed E-state index contributed by atoms with van der Waals surface area (Å²) in [4.78, 5) is 38.6. The average Bonchev–Trinajstić information content (AvgIpc) is 2.94. The number of rotatable bonds is 5. The lowest BCUT2D eigenvalue weighted by molar-refractivity contribution is -0.215. The van der Waals surface area contributed by atoms with Crippen molar-refractivity contribution in [1.29, 1.82) is 0 Å². The first kappa shape index (κ1) is 35.2. The number of allylic oxidation sites excluding steroid dienone is 2. The molecule has 0 bridgehead atoms. The van der Waals surface area contributed by atoms with E-state index in [2.05, 4.69) is 59.9 Å². The number of hydrogen-bond donors (Lipinski definition) is 3. The molecule has 0 aromatic carbocycles. The maximum atomic E-state index is 13.3. The van der Waals surface area contributed by atoms with Crippen LogP contribution < -0.4 is 5.32 Å². The summed E-state index contributed by atoms with van der Waals surface area (Å²) in [6.07, 6.45) is 9.56. The molecule has 260 valence electrons. The topological polar surface area (TPSA) is 122 Å². The van der Waals surface area contributed by atoms with Crippen LogP contribution in [0.3, 0.4) is 0 Å². The lowest BCUT2D eigenvalue weighted by Gasteiger charge is -2.71. The van der Waals surface area contributed by atoms with Crippen LogP contribution in [0.4, 0.5) is 4.79 Å². The second kappa shape index (κ2) is 11.5. The smallest absolute Gasteiger partial charge is 0.408 e. The van der Waals surface area contributed by atoms with Gasteiger partial charge in [0, 0.05) is 5.41 Å². The molecule has 46 heavy (non-hydrogen) atoms. The van der Waals surface area contributed by atoms with Gasteiger partial charge < -0.3 is 25.0 Å². The molecule has 3 N–H and O–H groups in total. The highest BCUT2D eigenvalue weighted by Crippen LogP contribution is 2.75. The highest BCUT2D eigenvalue weighted by atomic mass is 16.6. The van der Waals surface area contributed by atoms with Gasteiger partial charge in [0.15, 0.2) is 6.04 Å². The largest absolute Gasteiger partial charge is 0.481 e. The number of aliphatic hydroxyl groups is 1. The van der Waals surface area contributed by atoms with E-state index in [9.17, 15) is 24.6 Å². The van der Waals surface area contributed by atoms with Crippen LogP contribution in [0.2, 0.25) is 0 Å². The molecule has 5 aliphatic rings. The number of ether oxygens (including phenoxy) is 2. The molecule has 5 aliphatic carbocycles. The molecular formula is C38H61NO7. The highest BCUT2D eigenvalue weighted by molar-refractivity contribution is 5.81. The van der Waals surface area contributed by atoms with Crippen LogP contribution in [-0.4, -0.2) is 52.6 Å². The van der Waals surface area contributed by atoms with Crippen molar-refractivity contribution in [3.05, 3.63) is 11.6 Å². The molecule has 11 atom stereocenters. The number of carbonyl (C=O) groups excluding carboxylic acids is 2. The van der Waals surface area contributed by atoms with Gasteiger partial charge in [-0.1, -0.05) is 60.1 Å². The Morgan fingerprint density at radius 1 is 0.957 bits per heavy atom. The van der Waals surface area contributed by atoms with E-state index in [1.54, 1.807) is 20.8 Å². The van der Waals surface area contributed by atoms with E-state index in [1.807, 2.05) is 0 Å². The van der Waals surface area contributed by atoms with Gasteiger partial charge in [0.2, 0.25) is 0 Å². The third kappa shape index (κ3) is 5.22. The van der Waals surface area contributed by atoms with Gasteiger partial charge in [-0.25, -0.2) is 9.59 Å². The molecule has 8 heteroatoms. The van der Waals surface area contributed by atoms with Gasteiger partial charge in [0.25, 0.3) is 0 Å². The standard InChI is InChI=1S/C38H61NO7/c1-22-13-18-38(31(42)43)20-19-36(9)24(29(38)23(22)2)11-12-27-35(8)16-15-28(34(6,7)26(35)14-17-37(27,36)10)45-30(41)25(21-40)39-32(44)46-33(3,4)5/h11,22-23,25-29,40H,12-21H2,1-10H3,(H,39,44)(H,42,43)/t22-,23+,25+,26+,27-,28+,29+,35+,36-,37-,38+/m1/s1. The number of aliphatic hydroxyl groups excluding tert-OH is 1. The Morgan fingerprint density at radius 2 is 1.63 bits per heavy atom. The lowest BCUT2D eigenvalue weighted by atomic mass is 9.33. The molecule has 0 aromatic rings. The summed E-state index contributed by atoms with van der Waals surface area (Å²) < 4.78 is 11.4. The zero-order chi connectivity index (χ0) is 34.3. The molecule has 0 spiro atoms. The van der Waals surface area contributed by atoms with Crippen LogP contribution in [0, 0.1) is 56.7 Å². The summed E-state index contributed by atoms with van der Waals surface area (Å²) in [6.45, 7) is 21.2. The Labute approximate surface area is 276 Å². The normalized spacial score (nSPS) is 43.8. The second-order valence-corrected chi connectivity index (χ2v) is 18.3. The molecule has 0 unspecified atom stereocenters. The van der Waals surface area contributed by atoms with Crippen molar-refractivity contribution < 1.29 is 34.1 Å². The van der Waals surface area contributed by atoms with Crippen molar-refractivity contribution in [1.82, 2.24) is 5.32 Å². The van der Waals surface area contributed by atoms with Crippen molar-refractivity contribution in [2.75, 3.05) is 6.61 Å². The van der Waals surface area contributed by atoms with Crippen molar-refractivity contribution in [3.63, 3.8) is 0 Å². The number of carboxylic acids is 1. The number of amides is 1. The fourth-order valence-electron chi connectivity index (χ4n) is 11.9. The minimum atomic E-state index is -1.19. The highest BCUT2D eigenvalue weighted by Gasteiger charge is 2.69. The summed E-state index contributed by atoms with van der Waals surface area (Å²) in [5.74, 6) is 0.495. The summed E-state index contributed by atoms with van der Waals surface area (Å²) >= 11 is 0. The summed E-state index contributed by atoms with van der Waals surface area (Å²) in [5, 5.41) is 23.1. The molecular weight excluding hydrogens is 582 g/mol. The third-order valence-electron chi connectivity index (χ3n) is 14.8. The number of alkyl carbamates (subject to hydrolysis) is 1. The maximum Gasteiger partial charge on any atom is 0.408 e. The maximum absolute atomic E-state index is 13.3. The van der Waals surface area contributed by atoms with Crippen LogP contribution in [0.15, 0.2) is 11.6 Å². The van der Waals surface area contributed by atoms with Crippen LogP contribution in [0.25, 0.3) is 0 Å². The molecule has 1 amide bonds. The van der Waals surface area contributed by atoms with Crippen molar-refractivity contribution in [3.8, 4) is 0 Å². The van der Waals surface area contributed by atoms with E-state index < -0.39 is 41.7 Å². The zero-order valence-electron chi connectivity index (χ0n) is 30.1. The van der Waals surface area contributed by atoms with Gasteiger partial charge in [-0.3, -0.25) is 4.79 Å². The van der Waals surface area contributed by atoms with E-state index in [1.165, 1.54) is 5.57 Å². The Kier molecular flexibility index (Phi) is 8.82. The Bertz CT molecular complexity index is 1270. The van der Waals surface area contributed by atoms with Gasteiger partial charge in [-0.2, -0.15) is 0 Å². The third-order valence-corrected chi connectivity index (χ3v) is 14.8. The molecule has 8 nitrogen and oxygen atoms in total. The molecule has 0 aliphatic heterocycles. The summed E-state index contributed by atoms with van der Waals surface area (Å²) in [7, 11) is 0. The van der Waals surface area contributed by atoms with Gasteiger partial charge in [-0.05, 0) is 124 Å². The number of aliphatic carboxylic acids is 1. The van der Waals surface area contributed by atoms with Gasteiger partial charge in [-0.15, -0.1) is 0 Å². The first-order valence-electron chi connectivity index (χ1n) is 17.9. The van der Waals surface area contributed by atoms with Crippen molar-refractivity contribution in [2.24, 2.45) is 56.7 Å². The van der Waals surface area contributed by atoms with E-state index >= 15 is 0 Å². The summed E-state index contributed by atoms with van der Waals surface area (Å²) in [5.41, 5.74) is -0.205. The SMILES string of the molecule is C[C@H]1[C@H](C)CC[C@]2(C(=O)O)CC[C@]3(C)C(=CC[C@@H]4[C@@]5(C)CC[C@H](OC(=O)[C@H](CO)NC(=O)OC(C)(C)C)C(C)(C)[C@@H]5CC[C@]43C)[C@H]12. The fraction of sp³-hybridized carbons (Fsp3) is 0.868. The lowest BCUT2D eigenvalue weighted by Crippen LogP contribution is -2.65. The van der Waals surface area contributed by atoms with Gasteiger partial charge in [0.05, 0.1) is 12.0 Å². The van der Waals surface area contributed by atoms with Crippen LogP contribution >= 0.6 is 0 Å². The first-order chi connectivity index (χ1) is 21.2. The number of esters is 1. The van der Waals surface area contributed by atoms with Crippen LogP contribution in [0.1, 0.15) is 127 Å². The van der Waals surface area contributed by atoms with Crippen molar-refractivity contribution in [2.45, 2.75) is 145 Å². The Hall–Kier alpha value is -2.09. The zero-order valence-corrected chi connectivity index (χ0v) is 30.1. The van der Waals surface area contributed by atoms with Crippen LogP contribution in [-0.2, 0) is 19.1 Å². The molecule has 0 radical (unpaired) electrons. The second-order valence-electron chi connectivity index (χ2n) is 18.3. The molecule has 5 rings (SSSR count). The number of carbonyl (C=O) groups is 3. The van der Waals surface area contributed by atoms with E-state index in [0.717, 1.165) is 57.8 Å². The van der Waals surface area contributed by atoms with Crippen LogP contribution in [0.5, 0.6) is 0 Å². The number of carboxylic acid groups (broad SMARTS) is 1. The Morgan fingerprint density at radius 3 is 2.24 bits per heavy atom. The van der Waals surface area contributed by atoms with Crippen molar-refractivity contribution >= 4 is 18.0 Å². The molecule has 0 saturated heterocycles. The van der Waals surface area contributed by atoms with E-state index in [4.69, 9.17) is 9.47 Å². The molecule has 4 saturated carbocycles. The number of fused-ring (bicyclic) bond motifs is 7. The number of hydrogen-bond acceptors (Lipinski definition) is 6. The minimum Gasteiger partial charge on any atom is -0.481 e. The predicted octanol–water partition coefficient (Wildman–Crippen LogP) is 7.53. The van der Waals surface area contributed by atoms with Gasteiger partial charge in [0.1, 0.15) is 11.7 Å². The average molecular weight is 644 g/mol. The fourth-order valence-corrected chi connectivity index (χ4v) is 11.9. The molecule has 0 heterocycles. The molecule has 0 aromatic heterocycles. The first-order valence-corrected chi connectivity index (χ1v) is 17.9. The monoisotopic (exact) mass is 643 g/mol. The van der Waals surface area contributed by atoms with E-state index in [-0.39, 0.29) is 33.7 Å². The Balaban J connectivity index is 1.40. The molecule has 4 fully saturated rings.